The van der Waals surface area contributed by atoms with Crippen LogP contribution < -0.4 is 15.9 Å². The van der Waals surface area contributed by atoms with E-state index < -0.39 is 13.5 Å². The van der Waals surface area contributed by atoms with E-state index in [1.807, 2.05) is 32.9 Å². The smallest absolute Gasteiger partial charge is 0.407 e. The number of hydrogen-bond acceptors (Lipinski definition) is 2. The lowest BCUT2D eigenvalue weighted by Crippen LogP contribution is -2.45. The van der Waals surface area contributed by atoms with Crippen LogP contribution in [0.3, 0.4) is 0 Å². The number of carbonyl (C=O) groups excluding carboxylic acids is 1. The summed E-state index contributed by atoms with van der Waals surface area (Å²) in [6.07, 6.45) is 1.58. The van der Waals surface area contributed by atoms with E-state index in [1.54, 1.807) is 0 Å². The van der Waals surface area contributed by atoms with Crippen molar-refractivity contribution in [1.29, 1.82) is 0 Å². The van der Waals surface area contributed by atoms with E-state index in [9.17, 15) is 4.79 Å². The Labute approximate surface area is 165 Å². The highest BCUT2D eigenvalue weighted by Crippen LogP contribution is 2.36. The molecule has 0 aliphatic carbocycles. The van der Waals surface area contributed by atoms with Gasteiger partial charge in [-0.2, -0.15) is 0 Å². The summed E-state index contributed by atoms with van der Waals surface area (Å²) in [7, 11) is -0.562. The number of amides is 1. The lowest BCUT2D eigenvalue weighted by molar-refractivity contribution is 0.0494. The van der Waals surface area contributed by atoms with Crippen molar-refractivity contribution in [2.45, 2.75) is 52.7 Å². The molecule has 1 unspecified atom stereocenters. The predicted octanol–water partition coefficient (Wildman–Crippen LogP) is 5.06. The predicted molar refractivity (Wildman–Crippen MR) is 117 cm³/mol. The molecule has 3 nitrogen and oxygen atoms in total. The van der Waals surface area contributed by atoms with Crippen molar-refractivity contribution in [1.82, 2.24) is 5.32 Å². The van der Waals surface area contributed by atoms with Gasteiger partial charge in [-0.05, 0) is 51.4 Å². The summed E-state index contributed by atoms with van der Waals surface area (Å²) in [5.74, 6) is 0.370. The maximum absolute atomic E-state index is 12.4. The van der Waals surface area contributed by atoms with Crippen LogP contribution in [0.5, 0.6) is 0 Å². The number of alkyl carbamates (subject to hydrolysis) is 1. The molecule has 0 saturated heterocycles. The van der Waals surface area contributed by atoms with Crippen LogP contribution in [-0.2, 0) is 4.74 Å². The van der Waals surface area contributed by atoms with Crippen LogP contribution in [0.25, 0.3) is 0 Å². The van der Waals surface area contributed by atoms with E-state index >= 15 is 0 Å². The molecule has 0 saturated carbocycles. The summed E-state index contributed by atoms with van der Waals surface area (Å²) in [6, 6.07) is 21.3. The number of ether oxygens (including phenoxy) is 1. The first-order chi connectivity index (χ1) is 12.8. The van der Waals surface area contributed by atoms with Gasteiger partial charge in [0.1, 0.15) is 5.60 Å². The number of rotatable bonds is 7. The summed E-state index contributed by atoms with van der Waals surface area (Å²) in [5.41, 5.74) is -0.492. The van der Waals surface area contributed by atoms with E-state index in [0.717, 1.165) is 12.6 Å². The van der Waals surface area contributed by atoms with Crippen molar-refractivity contribution in [3.05, 3.63) is 60.7 Å². The van der Waals surface area contributed by atoms with Gasteiger partial charge in [-0.3, -0.25) is 0 Å². The lowest BCUT2D eigenvalue weighted by atomic mass is 10.0. The molecule has 0 spiro atoms. The Kier molecular flexibility index (Phi) is 7.86. The minimum absolute atomic E-state index is 0.0661. The summed E-state index contributed by atoms with van der Waals surface area (Å²) < 4.78 is 5.51. The monoisotopic (exact) mass is 385 g/mol. The summed E-state index contributed by atoms with van der Waals surface area (Å²) in [4.78, 5) is 12.4. The molecule has 0 radical (unpaired) electrons. The molecule has 2 aromatic carbocycles. The largest absolute Gasteiger partial charge is 0.444 e. The van der Waals surface area contributed by atoms with Gasteiger partial charge in [0.15, 0.2) is 0 Å². The SMILES string of the molecule is CCC(C)[C@@H](CP(c1ccccc1)c1ccccc1)NC(=O)OC(C)(C)C. The molecule has 0 aliphatic heterocycles. The van der Waals surface area contributed by atoms with Crippen LogP contribution >= 0.6 is 7.92 Å². The van der Waals surface area contributed by atoms with Crippen LogP contribution in [0.2, 0.25) is 0 Å². The molecule has 0 aliphatic rings. The van der Waals surface area contributed by atoms with Crippen molar-refractivity contribution >= 4 is 24.6 Å². The Bertz CT molecular complexity index is 658. The summed E-state index contributed by atoms with van der Waals surface area (Å²) in [6.45, 7) is 10.1. The van der Waals surface area contributed by atoms with Gasteiger partial charge in [0.2, 0.25) is 0 Å². The van der Waals surface area contributed by atoms with Crippen molar-refractivity contribution in [2.75, 3.05) is 6.16 Å². The highest BCUT2D eigenvalue weighted by Gasteiger charge is 2.26. The molecule has 4 heteroatoms. The summed E-state index contributed by atoms with van der Waals surface area (Å²) in [5, 5.41) is 5.81. The average Bonchev–Trinajstić information content (AvgIpc) is 2.64. The second kappa shape index (κ2) is 9.90. The van der Waals surface area contributed by atoms with Crippen LogP contribution in [0.15, 0.2) is 60.7 Å². The molecule has 2 atom stereocenters. The number of hydrogen-bond donors (Lipinski definition) is 1. The van der Waals surface area contributed by atoms with E-state index in [0.29, 0.717) is 5.92 Å². The maximum atomic E-state index is 12.4. The Morgan fingerprint density at radius 1 is 1.00 bits per heavy atom. The minimum Gasteiger partial charge on any atom is -0.444 e. The zero-order valence-corrected chi connectivity index (χ0v) is 18.0. The van der Waals surface area contributed by atoms with E-state index in [-0.39, 0.29) is 12.1 Å². The maximum Gasteiger partial charge on any atom is 0.407 e. The van der Waals surface area contributed by atoms with Crippen LogP contribution in [-0.4, -0.2) is 23.9 Å². The van der Waals surface area contributed by atoms with Crippen LogP contribution in [0, 0.1) is 5.92 Å². The molecule has 1 N–H and O–H groups in total. The first-order valence-corrected chi connectivity index (χ1v) is 11.2. The Morgan fingerprint density at radius 3 is 1.89 bits per heavy atom. The van der Waals surface area contributed by atoms with Gasteiger partial charge in [0.05, 0.1) is 0 Å². The average molecular weight is 385 g/mol. The third kappa shape index (κ3) is 6.99. The molecule has 0 heterocycles. The van der Waals surface area contributed by atoms with E-state index in [1.165, 1.54) is 10.6 Å². The summed E-state index contributed by atoms with van der Waals surface area (Å²) >= 11 is 0. The van der Waals surface area contributed by atoms with Crippen molar-refractivity contribution < 1.29 is 9.53 Å². The molecule has 1 amide bonds. The molecule has 2 aromatic rings. The van der Waals surface area contributed by atoms with Gasteiger partial charge < -0.3 is 10.1 Å². The fourth-order valence-electron chi connectivity index (χ4n) is 2.88. The van der Waals surface area contributed by atoms with Crippen molar-refractivity contribution in [3.63, 3.8) is 0 Å². The van der Waals surface area contributed by atoms with E-state index in [2.05, 4.69) is 67.7 Å². The van der Waals surface area contributed by atoms with Gasteiger partial charge in [-0.1, -0.05) is 80.9 Å². The molecular weight excluding hydrogens is 353 g/mol. The fraction of sp³-hybridized carbons (Fsp3) is 0.435. The number of nitrogens with one attached hydrogen (secondary N) is 1. The molecule has 0 aromatic heterocycles. The highest BCUT2D eigenvalue weighted by atomic mass is 31.1. The topological polar surface area (TPSA) is 38.3 Å². The second-order valence-corrected chi connectivity index (χ2v) is 10.2. The normalized spacial score (nSPS) is 13.9. The molecule has 27 heavy (non-hydrogen) atoms. The molecule has 146 valence electrons. The first-order valence-electron chi connectivity index (χ1n) is 9.67. The van der Waals surface area contributed by atoms with Crippen molar-refractivity contribution in [2.24, 2.45) is 5.92 Å². The third-order valence-electron chi connectivity index (χ3n) is 4.55. The zero-order chi connectivity index (χ0) is 19.9. The molecule has 2 rings (SSSR count). The lowest BCUT2D eigenvalue weighted by Gasteiger charge is -2.30. The standard InChI is InChI=1S/C23H32NO2P/c1-6-18(2)21(24-22(25)26-23(3,4)5)17-27(19-13-9-7-10-14-19)20-15-11-8-12-16-20/h7-16,18,21H,6,17H2,1-5H3,(H,24,25)/t18?,21-/m1/s1. The third-order valence-corrected chi connectivity index (χ3v) is 7.15. The number of benzene rings is 2. The fourth-order valence-corrected chi connectivity index (χ4v) is 5.51. The van der Waals surface area contributed by atoms with E-state index in [4.69, 9.17) is 4.74 Å². The second-order valence-electron chi connectivity index (χ2n) is 7.92. The van der Waals surface area contributed by atoms with Crippen LogP contribution in [0.4, 0.5) is 4.79 Å². The van der Waals surface area contributed by atoms with Gasteiger partial charge in [-0.25, -0.2) is 4.79 Å². The molecular formula is C23H32NO2P. The quantitative estimate of drug-likeness (QED) is 0.677. The highest BCUT2D eigenvalue weighted by molar-refractivity contribution is 7.73. The Morgan fingerprint density at radius 2 is 1.48 bits per heavy atom. The Hall–Kier alpha value is -1.86. The van der Waals surface area contributed by atoms with Gasteiger partial charge in [-0.15, -0.1) is 0 Å². The first kappa shape index (κ1) is 21.4. The van der Waals surface area contributed by atoms with Crippen molar-refractivity contribution in [3.8, 4) is 0 Å². The number of carbonyl (C=O) groups is 1. The minimum atomic E-state index is -0.562. The van der Waals surface area contributed by atoms with Gasteiger partial charge in [0.25, 0.3) is 0 Å². The van der Waals surface area contributed by atoms with Gasteiger partial charge >= 0.3 is 6.09 Å². The molecule has 0 bridgehead atoms. The van der Waals surface area contributed by atoms with Crippen LogP contribution in [0.1, 0.15) is 41.0 Å². The van der Waals surface area contributed by atoms with Gasteiger partial charge in [0, 0.05) is 6.04 Å². The Balaban J connectivity index is 2.26. The molecule has 0 fully saturated rings. The zero-order valence-electron chi connectivity index (χ0n) is 17.1.